The number of rotatable bonds is 7. The van der Waals surface area contributed by atoms with E-state index in [1.807, 2.05) is 6.08 Å². The van der Waals surface area contributed by atoms with Crippen molar-refractivity contribution in [2.24, 2.45) is 11.7 Å². The van der Waals surface area contributed by atoms with Gasteiger partial charge < -0.3 is 15.2 Å². The average molecular weight is 285 g/mol. The maximum Gasteiger partial charge on any atom is 0.387 e. The lowest BCUT2D eigenvalue weighted by Crippen LogP contribution is -2.08. The van der Waals surface area contributed by atoms with E-state index in [0.717, 1.165) is 11.1 Å². The molecule has 0 unspecified atom stereocenters. The summed E-state index contributed by atoms with van der Waals surface area (Å²) in [6, 6.07) is 4.87. The molecule has 1 aromatic rings. The van der Waals surface area contributed by atoms with E-state index in [-0.39, 0.29) is 5.75 Å². The highest BCUT2D eigenvalue weighted by Gasteiger charge is 2.11. The Morgan fingerprint density at radius 2 is 2.00 bits per heavy atom. The van der Waals surface area contributed by atoms with E-state index >= 15 is 0 Å². The Morgan fingerprint density at radius 1 is 1.30 bits per heavy atom. The molecule has 5 heteroatoms. The van der Waals surface area contributed by atoms with Crippen LogP contribution in [-0.2, 0) is 0 Å². The van der Waals surface area contributed by atoms with Crippen LogP contribution in [0.1, 0.15) is 26.3 Å². The van der Waals surface area contributed by atoms with Crippen molar-refractivity contribution in [1.29, 1.82) is 0 Å². The van der Waals surface area contributed by atoms with Gasteiger partial charge in [-0.05, 0) is 30.5 Å². The fourth-order valence-electron chi connectivity index (χ4n) is 1.75. The van der Waals surface area contributed by atoms with Crippen molar-refractivity contribution in [3.63, 3.8) is 0 Å². The van der Waals surface area contributed by atoms with E-state index in [4.69, 9.17) is 10.5 Å². The number of benzene rings is 1. The van der Waals surface area contributed by atoms with Gasteiger partial charge in [-0.15, -0.1) is 0 Å². The van der Waals surface area contributed by atoms with Crippen LogP contribution in [0.4, 0.5) is 8.78 Å². The number of ether oxygens (including phenoxy) is 2. The van der Waals surface area contributed by atoms with Crippen molar-refractivity contribution >= 4 is 6.08 Å². The normalized spacial score (nSPS) is 12.1. The Kier molecular flexibility index (Phi) is 6.45. The minimum Gasteiger partial charge on any atom is -0.490 e. The maximum atomic E-state index is 12.3. The monoisotopic (exact) mass is 285 g/mol. The molecular weight excluding hydrogens is 264 g/mol. The van der Waals surface area contributed by atoms with Gasteiger partial charge in [-0.2, -0.15) is 8.78 Å². The lowest BCUT2D eigenvalue weighted by molar-refractivity contribution is -0.0514. The summed E-state index contributed by atoms with van der Waals surface area (Å²) in [5.41, 5.74) is 7.62. The van der Waals surface area contributed by atoms with E-state index in [0.29, 0.717) is 24.8 Å². The molecule has 112 valence electrons. The molecule has 3 nitrogen and oxygen atoms in total. The largest absolute Gasteiger partial charge is 0.490 e. The second-order valence-corrected chi connectivity index (χ2v) is 4.60. The molecule has 0 aromatic heterocycles. The molecule has 0 saturated carbocycles. The third-order valence-electron chi connectivity index (χ3n) is 2.81. The van der Waals surface area contributed by atoms with Gasteiger partial charge in [-0.25, -0.2) is 0 Å². The molecule has 0 spiro atoms. The van der Waals surface area contributed by atoms with Crippen LogP contribution in [0.5, 0.6) is 11.5 Å². The molecule has 0 aliphatic heterocycles. The van der Waals surface area contributed by atoms with Crippen LogP contribution in [0.15, 0.2) is 23.8 Å². The lowest BCUT2D eigenvalue weighted by Gasteiger charge is -2.13. The van der Waals surface area contributed by atoms with Gasteiger partial charge in [0.25, 0.3) is 0 Å². The van der Waals surface area contributed by atoms with Crippen molar-refractivity contribution in [2.45, 2.75) is 27.4 Å². The summed E-state index contributed by atoms with van der Waals surface area (Å²) in [4.78, 5) is 0. The van der Waals surface area contributed by atoms with Gasteiger partial charge in [0.15, 0.2) is 11.5 Å². The first-order chi connectivity index (χ1) is 9.47. The zero-order chi connectivity index (χ0) is 15.1. The Morgan fingerprint density at radius 3 is 2.50 bits per heavy atom. The summed E-state index contributed by atoms with van der Waals surface area (Å²) in [5, 5.41) is 0. The quantitative estimate of drug-likeness (QED) is 0.831. The van der Waals surface area contributed by atoms with E-state index in [9.17, 15) is 8.78 Å². The van der Waals surface area contributed by atoms with Gasteiger partial charge in [0.05, 0.1) is 6.61 Å². The summed E-state index contributed by atoms with van der Waals surface area (Å²) < 4.78 is 34.4. The number of alkyl halides is 2. The first-order valence-electron chi connectivity index (χ1n) is 6.60. The van der Waals surface area contributed by atoms with Gasteiger partial charge >= 0.3 is 6.61 Å². The second kappa shape index (κ2) is 7.85. The lowest BCUT2D eigenvalue weighted by atomic mass is 10.0. The Hall–Kier alpha value is -1.62. The summed E-state index contributed by atoms with van der Waals surface area (Å²) in [7, 11) is 0. The number of hydrogen-bond donors (Lipinski definition) is 1. The van der Waals surface area contributed by atoms with Crippen LogP contribution in [0, 0.1) is 5.92 Å². The second-order valence-electron chi connectivity index (χ2n) is 4.60. The number of hydrogen-bond acceptors (Lipinski definition) is 3. The number of halogens is 2. The van der Waals surface area contributed by atoms with Crippen molar-refractivity contribution in [3.05, 3.63) is 29.3 Å². The molecule has 20 heavy (non-hydrogen) atoms. The van der Waals surface area contributed by atoms with Crippen LogP contribution in [0.2, 0.25) is 0 Å². The van der Waals surface area contributed by atoms with E-state index in [1.54, 1.807) is 19.1 Å². The van der Waals surface area contributed by atoms with Crippen LogP contribution < -0.4 is 15.2 Å². The Bertz CT molecular complexity index is 459. The van der Waals surface area contributed by atoms with Crippen molar-refractivity contribution in [3.8, 4) is 11.5 Å². The first kappa shape index (κ1) is 16.4. The van der Waals surface area contributed by atoms with Crippen LogP contribution in [0.3, 0.4) is 0 Å². The summed E-state index contributed by atoms with van der Waals surface area (Å²) in [6.07, 6.45) is 1.94. The van der Waals surface area contributed by atoms with Crippen molar-refractivity contribution < 1.29 is 18.3 Å². The van der Waals surface area contributed by atoms with Gasteiger partial charge in [-0.1, -0.05) is 31.6 Å². The molecule has 0 saturated heterocycles. The fraction of sp³-hybridized carbons (Fsp3) is 0.467. The zero-order valence-electron chi connectivity index (χ0n) is 12.0. The molecule has 0 atom stereocenters. The molecule has 0 amide bonds. The molecule has 0 fully saturated rings. The summed E-state index contributed by atoms with van der Waals surface area (Å²) in [6.45, 7) is 3.85. The third-order valence-corrected chi connectivity index (χ3v) is 2.81. The fourth-order valence-corrected chi connectivity index (χ4v) is 1.75. The predicted octanol–water partition coefficient (Wildman–Crippen LogP) is 3.68. The van der Waals surface area contributed by atoms with Crippen molar-refractivity contribution in [1.82, 2.24) is 0 Å². The van der Waals surface area contributed by atoms with Crippen LogP contribution in [-0.4, -0.2) is 19.8 Å². The molecule has 0 aliphatic rings. The average Bonchev–Trinajstić information content (AvgIpc) is 2.38. The molecule has 0 heterocycles. The topological polar surface area (TPSA) is 44.5 Å². The molecule has 0 bridgehead atoms. The molecule has 0 radical (unpaired) electrons. The molecule has 2 N–H and O–H groups in total. The van der Waals surface area contributed by atoms with Gasteiger partial charge in [0.1, 0.15) is 0 Å². The van der Waals surface area contributed by atoms with Gasteiger partial charge in [-0.3, -0.25) is 0 Å². The Labute approximate surface area is 118 Å². The highest BCUT2D eigenvalue weighted by molar-refractivity contribution is 5.58. The molecule has 1 rings (SSSR count). The number of nitrogens with two attached hydrogens (primary N) is 1. The minimum absolute atomic E-state index is 0.0397. The SMILES string of the molecule is CCOc1cc(C=C(CN)C(C)C)ccc1OC(F)F. The van der Waals surface area contributed by atoms with Crippen LogP contribution >= 0.6 is 0 Å². The predicted molar refractivity (Wildman–Crippen MR) is 76.1 cm³/mol. The van der Waals surface area contributed by atoms with Crippen molar-refractivity contribution in [2.75, 3.05) is 13.2 Å². The summed E-state index contributed by atoms with van der Waals surface area (Å²) >= 11 is 0. The molecule has 1 aromatic carbocycles. The Balaban J connectivity index is 3.09. The minimum atomic E-state index is -2.87. The van der Waals surface area contributed by atoms with E-state index in [1.165, 1.54) is 6.07 Å². The standard InChI is InChI=1S/C15H21F2NO2/c1-4-19-14-8-11(7-12(9-18)10(2)3)5-6-13(14)20-15(16)17/h5-8,10,15H,4,9,18H2,1-3H3. The molecule has 0 aliphatic carbocycles. The highest BCUT2D eigenvalue weighted by atomic mass is 19.3. The van der Waals surface area contributed by atoms with Gasteiger partial charge in [0, 0.05) is 6.54 Å². The smallest absolute Gasteiger partial charge is 0.387 e. The molecular formula is C15H21F2NO2. The maximum absolute atomic E-state index is 12.3. The third kappa shape index (κ3) is 4.81. The highest BCUT2D eigenvalue weighted by Crippen LogP contribution is 2.31. The van der Waals surface area contributed by atoms with Gasteiger partial charge in [0.2, 0.25) is 0 Å². The first-order valence-corrected chi connectivity index (χ1v) is 6.60. The van der Waals surface area contributed by atoms with E-state index < -0.39 is 6.61 Å². The summed E-state index contributed by atoms with van der Waals surface area (Å²) in [5.74, 6) is 0.673. The zero-order valence-corrected chi connectivity index (χ0v) is 12.0. The van der Waals surface area contributed by atoms with Crippen LogP contribution in [0.25, 0.3) is 6.08 Å². The van der Waals surface area contributed by atoms with E-state index in [2.05, 4.69) is 18.6 Å².